The van der Waals surface area contributed by atoms with Crippen molar-refractivity contribution in [2.45, 2.75) is 6.61 Å². The monoisotopic (exact) mass is 197 g/mol. The second-order valence-electron chi connectivity index (χ2n) is 2.46. The molecule has 1 aromatic rings. The maximum Gasteiger partial charge on any atom is 0.185 e. The average molecular weight is 197 g/mol. The van der Waals surface area contributed by atoms with Crippen LogP contribution in [0.5, 0.6) is 0 Å². The predicted molar refractivity (Wildman–Crippen MR) is 55.9 cm³/mol. The molecule has 0 unspecified atom stereocenters. The van der Waals surface area contributed by atoms with Crippen molar-refractivity contribution in [2.75, 3.05) is 5.32 Å². The van der Waals surface area contributed by atoms with E-state index in [2.05, 4.69) is 10.7 Å². The number of nitrogens with two attached hydrogens (primary N) is 1. The zero-order chi connectivity index (χ0) is 9.68. The Kier molecular flexibility index (Phi) is 3.63. The lowest BCUT2D eigenvalue weighted by molar-refractivity contribution is 0.282. The first-order chi connectivity index (χ1) is 6.26. The molecule has 5 heteroatoms. The van der Waals surface area contributed by atoms with Crippen LogP contribution in [0.2, 0.25) is 0 Å². The molecular formula is C8H11N3OS. The molecule has 0 saturated heterocycles. The molecule has 5 N–H and O–H groups in total. The smallest absolute Gasteiger partial charge is 0.185 e. The molecule has 0 amide bonds. The molecule has 0 aromatic heterocycles. The number of nitrogens with one attached hydrogen (secondary N) is 2. The summed E-state index contributed by atoms with van der Waals surface area (Å²) in [6, 6.07) is 7.28. The fourth-order valence-electron chi connectivity index (χ4n) is 0.915. The number of aliphatic hydroxyl groups is 1. The third kappa shape index (κ3) is 2.98. The highest BCUT2D eigenvalue weighted by Gasteiger charge is 1.95. The summed E-state index contributed by atoms with van der Waals surface area (Å²) in [6.07, 6.45) is 0. The van der Waals surface area contributed by atoms with Gasteiger partial charge in [0.2, 0.25) is 0 Å². The van der Waals surface area contributed by atoms with Gasteiger partial charge in [-0.05, 0) is 29.9 Å². The van der Waals surface area contributed by atoms with E-state index in [1.807, 2.05) is 18.2 Å². The Morgan fingerprint density at radius 2 is 2.31 bits per heavy atom. The number of thiocarbonyl (C=S) groups is 1. The van der Waals surface area contributed by atoms with E-state index >= 15 is 0 Å². The van der Waals surface area contributed by atoms with Crippen molar-refractivity contribution in [3.63, 3.8) is 0 Å². The minimum absolute atomic E-state index is 0.0122. The minimum atomic E-state index is 0.0122. The predicted octanol–water partition coefficient (Wildman–Crippen LogP) is 0.339. The van der Waals surface area contributed by atoms with Gasteiger partial charge in [-0.15, -0.1) is 0 Å². The van der Waals surface area contributed by atoms with Crippen molar-refractivity contribution in [3.8, 4) is 0 Å². The third-order valence-corrected chi connectivity index (χ3v) is 1.72. The van der Waals surface area contributed by atoms with Crippen molar-refractivity contribution >= 4 is 23.0 Å². The quantitative estimate of drug-likeness (QED) is 0.313. The second-order valence-corrected chi connectivity index (χ2v) is 2.87. The van der Waals surface area contributed by atoms with Gasteiger partial charge in [0.15, 0.2) is 5.11 Å². The van der Waals surface area contributed by atoms with E-state index in [0.717, 1.165) is 11.3 Å². The first-order valence-electron chi connectivity index (χ1n) is 3.73. The first kappa shape index (κ1) is 9.91. The highest BCUT2D eigenvalue weighted by molar-refractivity contribution is 7.80. The van der Waals surface area contributed by atoms with Crippen LogP contribution in [0.15, 0.2) is 24.3 Å². The summed E-state index contributed by atoms with van der Waals surface area (Å²) in [7, 11) is 0. The van der Waals surface area contributed by atoms with Crippen LogP contribution in [-0.4, -0.2) is 10.2 Å². The Balaban J connectivity index is 2.71. The number of aliphatic hydroxyl groups excluding tert-OH is 1. The SMILES string of the molecule is NNC(=S)Nc1cccc(CO)c1. The highest BCUT2D eigenvalue weighted by atomic mass is 32.1. The van der Waals surface area contributed by atoms with Gasteiger partial charge in [-0.3, -0.25) is 0 Å². The summed E-state index contributed by atoms with van der Waals surface area (Å²) in [5, 5.41) is 12.0. The molecule has 0 aliphatic carbocycles. The summed E-state index contributed by atoms with van der Waals surface area (Å²) in [4.78, 5) is 0. The molecule has 0 radical (unpaired) electrons. The number of rotatable bonds is 2. The molecule has 0 atom stereocenters. The first-order valence-corrected chi connectivity index (χ1v) is 4.14. The van der Waals surface area contributed by atoms with E-state index in [1.165, 1.54) is 0 Å². The van der Waals surface area contributed by atoms with Gasteiger partial charge in [-0.1, -0.05) is 12.1 Å². The molecule has 0 saturated carbocycles. The van der Waals surface area contributed by atoms with Crippen LogP contribution in [0.25, 0.3) is 0 Å². The zero-order valence-corrected chi connectivity index (χ0v) is 7.77. The van der Waals surface area contributed by atoms with Gasteiger partial charge in [-0.2, -0.15) is 0 Å². The molecule has 0 spiro atoms. The minimum Gasteiger partial charge on any atom is -0.392 e. The van der Waals surface area contributed by atoms with E-state index in [4.69, 9.17) is 23.2 Å². The van der Waals surface area contributed by atoms with Crippen LogP contribution in [0.4, 0.5) is 5.69 Å². The van der Waals surface area contributed by atoms with Gasteiger partial charge in [0.1, 0.15) is 0 Å². The van der Waals surface area contributed by atoms with Crippen LogP contribution >= 0.6 is 12.2 Å². The Labute approximate surface area is 81.7 Å². The molecule has 4 nitrogen and oxygen atoms in total. The molecule has 0 heterocycles. The Bertz CT molecular complexity index is 303. The largest absolute Gasteiger partial charge is 0.392 e. The Morgan fingerprint density at radius 1 is 1.54 bits per heavy atom. The van der Waals surface area contributed by atoms with E-state index in [0.29, 0.717) is 5.11 Å². The second kappa shape index (κ2) is 4.76. The fraction of sp³-hybridized carbons (Fsp3) is 0.125. The molecule has 0 fully saturated rings. The molecule has 0 bridgehead atoms. The van der Waals surface area contributed by atoms with Crippen LogP contribution in [-0.2, 0) is 6.61 Å². The highest BCUT2D eigenvalue weighted by Crippen LogP contribution is 2.09. The molecule has 0 aliphatic rings. The van der Waals surface area contributed by atoms with Gasteiger partial charge in [0, 0.05) is 5.69 Å². The van der Waals surface area contributed by atoms with E-state index < -0.39 is 0 Å². The Morgan fingerprint density at radius 3 is 2.92 bits per heavy atom. The van der Waals surface area contributed by atoms with E-state index in [1.54, 1.807) is 6.07 Å². The molecule has 1 aromatic carbocycles. The van der Waals surface area contributed by atoms with Gasteiger partial charge >= 0.3 is 0 Å². The van der Waals surface area contributed by atoms with Gasteiger partial charge < -0.3 is 15.8 Å². The van der Waals surface area contributed by atoms with Gasteiger partial charge in [0.25, 0.3) is 0 Å². The van der Waals surface area contributed by atoms with E-state index in [-0.39, 0.29) is 6.61 Å². The number of hydrogen-bond acceptors (Lipinski definition) is 3. The normalized spacial score (nSPS) is 9.38. The third-order valence-electron chi connectivity index (χ3n) is 1.50. The van der Waals surface area contributed by atoms with Crippen LogP contribution in [0.3, 0.4) is 0 Å². The molecular weight excluding hydrogens is 186 g/mol. The van der Waals surface area contributed by atoms with Crippen molar-refractivity contribution in [1.82, 2.24) is 5.43 Å². The summed E-state index contributed by atoms with van der Waals surface area (Å²) in [5.74, 6) is 5.09. The zero-order valence-electron chi connectivity index (χ0n) is 6.95. The van der Waals surface area contributed by atoms with Crippen LogP contribution < -0.4 is 16.6 Å². The summed E-state index contributed by atoms with van der Waals surface area (Å²) in [5.41, 5.74) is 3.93. The fourth-order valence-corrected chi connectivity index (χ4v) is 1.03. The molecule has 70 valence electrons. The number of hydrazine groups is 1. The number of anilines is 1. The van der Waals surface area contributed by atoms with Crippen LogP contribution in [0.1, 0.15) is 5.56 Å². The van der Waals surface area contributed by atoms with Crippen molar-refractivity contribution in [1.29, 1.82) is 0 Å². The van der Waals surface area contributed by atoms with Gasteiger partial charge in [0.05, 0.1) is 6.61 Å². The summed E-state index contributed by atoms with van der Waals surface area (Å²) >= 11 is 4.81. The number of benzene rings is 1. The standard InChI is InChI=1S/C8H11N3OS/c9-11-8(13)10-7-3-1-2-6(4-7)5-12/h1-4,12H,5,9H2,(H2,10,11,13). The van der Waals surface area contributed by atoms with Crippen molar-refractivity contribution in [3.05, 3.63) is 29.8 Å². The lowest BCUT2D eigenvalue weighted by Gasteiger charge is -2.07. The summed E-state index contributed by atoms with van der Waals surface area (Å²) < 4.78 is 0. The maximum atomic E-state index is 8.85. The molecule has 1 rings (SSSR count). The lowest BCUT2D eigenvalue weighted by Crippen LogP contribution is -2.34. The number of hydrogen-bond donors (Lipinski definition) is 4. The van der Waals surface area contributed by atoms with Crippen LogP contribution in [0, 0.1) is 0 Å². The van der Waals surface area contributed by atoms with Crippen molar-refractivity contribution < 1.29 is 5.11 Å². The molecule has 0 aliphatic heterocycles. The summed E-state index contributed by atoms with van der Waals surface area (Å²) in [6.45, 7) is 0.0122. The molecule has 13 heavy (non-hydrogen) atoms. The topological polar surface area (TPSA) is 70.3 Å². The van der Waals surface area contributed by atoms with E-state index in [9.17, 15) is 0 Å². The van der Waals surface area contributed by atoms with Crippen molar-refractivity contribution in [2.24, 2.45) is 5.84 Å². The Hall–Kier alpha value is -1.17. The lowest BCUT2D eigenvalue weighted by atomic mass is 10.2. The maximum absolute atomic E-state index is 8.85. The van der Waals surface area contributed by atoms with Gasteiger partial charge in [-0.25, -0.2) is 5.84 Å². The average Bonchev–Trinajstić information content (AvgIpc) is 2.18.